The molecule has 6 nitrogen and oxygen atoms in total. The molecule has 2 N–H and O–H groups in total. The summed E-state index contributed by atoms with van der Waals surface area (Å²) in [6.07, 6.45) is 1.24. The first-order valence-electron chi connectivity index (χ1n) is 10.5. The van der Waals surface area contributed by atoms with Crippen LogP contribution < -0.4 is 10.6 Å². The minimum absolute atomic E-state index is 0.263. The molecule has 0 bridgehead atoms. The Balaban J connectivity index is 1.33. The van der Waals surface area contributed by atoms with Crippen molar-refractivity contribution in [2.24, 2.45) is 0 Å². The van der Waals surface area contributed by atoms with Crippen molar-refractivity contribution in [3.05, 3.63) is 83.4 Å². The average molecular weight is 413 g/mol. The van der Waals surface area contributed by atoms with Crippen LogP contribution in [-0.2, 0) is 21.5 Å². The molecular weight excluding hydrogens is 390 g/mol. The van der Waals surface area contributed by atoms with Crippen molar-refractivity contribution < 1.29 is 14.4 Å². The van der Waals surface area contributed by atoms with Crippen molar-refractivity contribution in [2.45, 2.75) is 31.3 Å². The maximum atomic E-state index is 13.2. The van der Waals surface area contributed by atoms with Crippen LogP contribution in [-0.4, -0.2) is 29.3 Å². The molecule has 2 aliphatic rings. The van der Waals surface area contributed by atoms with Gasteiger partial charge in [-0.2, -0.15) is 0 Å². The monoisotopic (exact) mass is 413 g/mol. The van der Waals surface area contributed by atoms with Crippen LogP contribution in [0.15, 0.2) is 66.7 Å². The largest absolute Gasteiger partial charge is 0.348 e. The molecule has 4 amide bonds. The van der Waals surface area contributed by atoms with Crippen molar-refractivity contribution in [3.63, 3.8) is 0 Å². The molecule has 1 saturated heterocycles. The van der Waals surface area contributed by atoms with Crippen LogP contribution in [0.3, 0.4) is 0 Å². The zero-order valence-corrected chi connectivity index (χ0v) is 17.2. The molecule has 6 heteroatoms. The van der Waals surface area contributed by atoms with Gasteiger partial charge in [0, 0.05) is 0 Å². The highest BCUT2D eigenvalue weighted by Gasteiger charge is 2.55. The van der Waals surface area contributed by atoms with E-state index in [1.54, 1.807) is 0 Å². The fourth-order valence-electron chi connectivity index (χ4n) is 4.87. The van der Waals surface area contributed by atoms with E-state index in [1.165, 1.54) is 0 Å². The Labute approximate surface area is 180 Å². The summed E-state index contributed by atoms with van der Waals surface area (Å²) in [5, 5.41) is 7.96. The molecule has 1 heterocycles. The van der Waals surface area contributed by atoms with Gasteiger partial charge in [-0.15, -0.1) is 0 Å². The first kappa shape index (κ1) is 19.3. The summed E-state index contributed by atoms with van der Waals surface area (Å²) in [5.41, 5.74) is 1.84. The van der Waals surface area contributed by atoms with Crippen LogP contribution in [0.25, 0.3) is 10.8 Å². The Morgan fingerprint density at radius 3 is 2.68 bits per heavy atom. The van der Waals surface area contributed by atoms with E-state index in [1.807, 2.05) is 73.7 Å². The second kappa shape index (κ2) is 7.23. The summed E-state index contributed by atoms with van der Waals surface area (Å²) in [6, 6.07) is 20.8. The highest BCUT2D eigenvalue weighted by molar-refractivity contribution is 6.10. The predicted molar refractivity (Wildman–Crippen MR) is 117 cm³/mol. The molecule has 0 radical (unpaired) electrons. The SMILES string of the molecule is C[C@@H](NC(=O)CN1C(=O)N[C@@]2(CCc3ccccc32)C1=O)c1cccc2ccccc12. The molecule has 156 valence electrons. The summed E-state index contributed by atoms with van der Waals surface area (Å²) in [4.78, 5) is 39.7. The Morgan fingerprint density at radius 1 is 1.06 bits per heavy atom. The maximum Gasteiger partial charge on any atom is 0.325 e. The lowest BCUT2D eigenvalue weighted by molar-refractivity contribution is -0.135. The molecule has 1 aliphatic heterocycles. The quantitative estimate of drug-likeness (QED) is 0.644. The van der Waals surface area contributed by atoms with Gasteiger partial charge in [0.1, 0.15) is 12.1 Å². The predicted octanol–water partition coefficient (Wildman–Crippen LogP) is 3.41. The van der Waals surface area contributed by atoms with Gasteiger partial charge in [0.05, 0.1) is 6.04 Å². The second-order valence-corrected chi connectivity index (χ2v) is 8.24. The Hall–Kier alpha value is -3.67. The standard InChI is InChI=1S/C25H23N3O3/c1-16(19-11-6-9-17-7-2-4-10-20(17)19)26-22(29)15-28-23(30)25(27-24(28)31)14-13-18-8-3-5-12-21(18)25/h2-12,16H,13-15H2,1H3,(H,26,29)(H,27,31)/t16-,25-/m1/s1. The minimum Gasteiger partial charge on any atom is -0.348 e. The molecular formula is C25H23N3O3. The van der Waals surface area contributed by atoms with Crippen molar-refractivity contribution in [1.82, 2.24) is 15.5 Å². The van der Waals surface area contributed by atoms with Crippen LogP contribution in [0.5, 0.6) is 0 Å². The highest BCUT2D eigenvalue weighted by Crippen LogP contribution is 2.41. The lowest BCUT2D eigenvalue weighted by Gasteiger charge is -2.22. The summed E-state index contributed by atoms with van der Waals surface area (Å²) >= 11 is 0. The second-order valence-electron chi connectivity index (χ2n) is 8.24. The fraction of sp³-hybridized carbons (Fsp3) is 0.240. The average Bonchev–Trinajstić information content (AvgIpc) is 3.26. The van der Waals surface area contributed by atoms with Gasteiger partial charge < -0.3 is 10.6 Å². The molecule has 5 rings (SSSR count). The molecule has 1 spiro atoms. The van der Waals surface area contributed by atoms with Crippen LogP contribution in [0.1, 0.15) is 36.1 Å². The highest BCUT2D eigenvalue weighted by atomic mass is 16.2. The lowest BCUT2D eigenvalue weighted by atomic mass is 9.92. The van der Waals surface area contributed by atoms with E-state index >= 15 is 0 Å². The van der Waals surface area contributed by atoms with Gasteiger partial charge in [0.25, 0.3) is 5.91 Å². The Morgan fingerprint density at radius 2 is 1.81 bits per heavy atom. The molecule has 0 aromatic heterocycles. The van der Waals surface area contributed by atoms with Gasteiger partial charge in [0.2, 0.25) is 5.91 Å². The van der Waals surface area contributed by atoms with Gasteiger partial charge in [0.15, 0.2) is 0 Å². The topological polar surface area (TPSA) is 78.5 Å². The van der Waals surface area contributed by atoms with Crippen LogP contribution in [0.4, 0.5) is 4.79 Å². The van der Waals surface area contributed by atoms with Gasteiger partial charge in [-0.3, -0.25) is 14.5 Å². The van der Waals surface area contributed by atoms with Crippen molar-refractivity contribution in [3.8, 4) is 0 Å². The number of carbonyl (C=O) groups is 3. The fourth-order valence-corrected chi connectivity index (χ4v) is 4.87. The van der Waals surface area contributed by atoms with Crippen LogP contribution >= 0.6 is 0 Å². The number of fused-ring (bicyclic) bond motifs is 3. The number of aryl methyl sites for hydroxylation is 1. The number of imide groups is 1. The number of rotatable bonds is 4. The molecule has 0 unspecified atom stereocenters. The molecule has 1 aliphatic carbocycles. The zero-order chi connectivity index (χ0) is 21.6. The molecule has 3 aromatic rings. The van der Waals surface area contributed by atoms with E-state index in [0.29, 0.717) is 6.42 Å². The lowest BCUT2D eigenvalue weighted by Crippen LogP contribution is -2.44. The molecule has 2 atom stereocenters. The number of carbonyl (C=O) groups excluding carboxylic acids is 3. The maximum absolute atomic E-state index is 13.2. The van der Waals surface area contributed by atoms with E-state index < -0.39 is 11.6 Å². The van der Waals surface area contributed by atoms with Gasteiger partial charge >= 0.3 is 6.03 Å². The number of nitrogens with zero attached hydrogens (tertiary/aromatic N) is 1. The smallest absolute Gasteiger partial charge is 0.325 e. The third kappa shape index (κ3) is 3.06. The Bertz CT molecular complexity index is 1220. The first-order chi connectivity index (χ1) is 15.0. The van der Waals surface area contributed by atoms with E-state index in [4.69, 9.17) is 0 Å². The van der Waals surface area contributed by atoms with Crippen molar-refractivity contribution in [1.29, 1.82) is 0 Å². The first-order valence-corrected chi connectivity index (χ1v) is 10.5. The number of hydrogen-bond donors (Lipinski definition) is 2. The number of nitrogens with one attached hydrogen (secondary N) is 2. The summed E-state index contributed by atoms with van der Waals surface area (Å²) < 4.78 is 0. The molecule has 31 heavy (non-hydrogen) atoms. The Kier molecular flexibility index (Phi) is 4.50. The van der Waals surface area contributed by atoms with Crippen LogP contribution in [0, 0.1) is 0 Å². The summed E-state index contributed by atoms with van der Waals surface area (Å²) in [7, 11) is 0. The normalized spacial score (nSPS) is 20.7. The van der Waals surface area contributed by atoms with Crippen LogP contribution in [0.2, 0.25) is 0 Å². The minimum atomic E-state index is -1.05. The number of amides is 4. The molecule has 0 saturated carbocycles. The van der Waals surface area contributed by atoms with Crippen molar-refractivity contribution in [2.75, 3.05) is 6.54 Å². The molecule has 1 fully saturated rings. The summed E-state index contributed by atoms with van der Waals surface area (Å²) in [6.45, 7) is 1.60. The zero-order valence-electron chi connectivity index (χ0n) is 17.2. The number of hydrogen-bond acceptors (Lipinski definition) is 3. The number of urea groups is 1. The van der Waals surface area contributed by atoms with Gasteiger partial charge in [-0.1, -0.05) is 66.7 Å². The van der Waals surface area contributed by atoms with Gasteiger partial charge in [-0.25, -0.2) is 4.79 Å². The third-order valence-corrected chi connectivity index (χ3v) is 6.39. The molecule has 3 aromatic carbocycles. The van der Waals surface area contributed by atoms with E-state index in [0.717, 1.165) is 38.8 Å². The van der Waals surface area contributed by atoms with E-state index in [9.17, 15) is 14.4 Å². The van der Waals surface area contributed by atoms with Crippen molar-refractivity contribution >= 4 is 28.6 Å². The third-order valence-electron chi connectivity index (χ3n) is 6.39. The van der Waals surface area contributed by atoms with E-state index in [2.05, 4.69) is 10.6 Å². The number of benzene rings is 3. The van der Waals surface area contributed by atoms with E-state index in [-0.39, 0.29) is 24.4 Å². The van der Waals surface area contributed by atoms with Gasteiger partial charge in [-0.05, 0) is 47.2 Å². The summed E-state index contributed by atoms with van der Waals surface area (Å²) in [5.74, 6) is -0.720.